The van der Waals surface area contributed by atoms with Crippen molar-refractivity contribution in [2.75, 3.05) is 0 Å². The maximum absolute atomic E-state index is 12.8. The fourth-order valence-corrected chi connectivity index (χ4v) is 1.50. The predicted molar refractivity (Wildman–Crippen MR) is 45.6 cm³/mol. The van der Waals surface area contributed by atoms with Crippen LogP contribution in [0, 0.1) is 0 Å². The molecule has 0 bridgehead atoms. The number of halogens is 3. The zero-order valence-electron chi connectivity index (χ0n) is 8.21. The van der Waals surface area contributed by atoms with Gasteiger partial charge in [0.15, 0.2) is 12.1 Å². The van der Waals surface area contributed by atoms with E-state index in [4.69, 9.17) is 4.74 Å². The molecule has 1 aliphatic rings. The zero-order valence-corrected chi connectivity index (χ0v) is 8.21. The van der Waals surface area contributed by atoms with Crippen LogP contribution >= 0.6 is 0 Å². The van der Waals surface area contributed by atoms with Crippen molar-refractivity contribution in [3.8, 4) is 0 Å². The summed E-state index contributed by atoms with van der Waals surface area (Å²) >= 11 is 0. The van der Waals surface area contributed by atoms with E-state index >= 15 is 0 Å². The van der Waals surface area contributed by atoms with Crippen molar-refractivity contribution in [2.45, 2.75) is 25.3 Å². The fourth-order valence-electron chi connectivity index (χ4n) is 1.50. The van der Waals surface area contributed by atoms with Crippen molar-refractivity contribution in [2.24, 2.45) is 0 Å². The molecule has 0 aromatic carbocycles. The first kappa shape index (κ1) is 11.0. The smallest absolute Gasteiger partial charge is 0.355 e. The van der Waals surface area contributed by atoms with Gasteiger partial charge in [-0.05, 0) is 6.92 Å². The van der Waals surface area contributed by atoms with Gasteiger partial charge >= 0.3 is 6.18 Å². The van der Waals surface area contributed by atoms with Crippen LogP contribution in [-0.4, -0.2) is 22.4 Å². The van der Waals surface area contributed by atoms with Crippen LogP contribution in [0.15, 0.2) is 6.20 Å². The summed E-state index contributed by atoms with van der Waals surface area (Å²) in [6.45, 7) is 0.685. The Kier molecular flexibility index (Phi) is 2.23. The molecule has 7 heteroatoms. The summed E-state index contributed by atoms with van der Waals surface area (Å²) in [5.41, 5.74) is -2.48. The molecular formula is C9H7F3N2O2. The topological polar surface area (TPSA) is 52.1 Å². The number of ether oxygens (including phenoxy) is 1. The van der Waals surface area contributed by atoms with Crippen molar-refractivity contribution in [3.63, 3.8) is 0 Å². The van der Waals surface area contributed by atoms with Crippen molar-refractivity contribution in [1.82, 2.24) is 9.97 Å². The van der Waals surface area contributed by atoms with Crippen molar-refractivity contribution < 1.29 is 22.7 Å². The summed E-state index contributed by atoms with van der Waals surface area (Å²) < 4.78 is 43.1. The van der Waals surface area contributed by atoms with E-state index in [1.807, 2.05) is 0 Å². The molecule has 1 aromatic rings. The Morgan fingerprint density at radius 1 is 1.56 bits per heavy atom. The van der Waals surface area contributed by atoms with E-state index in [-0.39, 0.29) is 23.7 Å². The predicted octanol–water partition coefficient (Wildman–Crippen LogP) is 1.60. The van der Waals surface area contributed by atoms with E-state index in [0.717, 1.165) is 6.92 Å². The molecule has 1 aromatic heterocycles. The lowest BCUT2D eigenvalue weighted by Gasteiger charge is -2.26. The first-order valence-corrected chi connectivity index (χ1v) is 4.41. The van der Waals surface area contributed by atoms with E-state index < -0.39 is 11.8 Å². The number of rotatable bonds is 1. The Balaban J connectivity index is 2.57. The van der Waals surface area contributed by atoms with Gasteiger partial charge in [-0.1, -0.05) is 0 Å². The highest BCUT2D eigenvalue weighted by atomic mass is 19.4. The Labute approximate surface area is 88.5 Å². The molecule has 16 heavy (non-hydrogen) atoms. The summed E-state index contributed by atoms with van der Waals surface area (Å²) in [7, 11) is 0. The molecule has 0 saturated heterocycles. The second kappa shape index (κ2) is 3.24. The number of aldehydes is 1. The lowest BCUT2D eigenvalue weighted by atomic mass is 10.0. The van der Waals surface area contributed by atoms with Crippen LogP contribution < -0.4 is 0 Å². The average molecular weight is 232 g/mol. The summed E-state index contributed by atoms with van der Waals surface area (Å²) in [6, 6.07) is 0. The van der Waals surface area contributed by atoms with E-state index in [1.165, 1.54) is 6.20 Å². The number of alkyl halides is 3. The van der Waals surface area contributed by atoms with Gasteiger partial charge in [-0.25, -0.2) is 9.97 Å². The third-order valence-corrected chi connectivity index (χ3v) is 2.50. The molecule has 0 amide bonds. The minimum absolute atomic E-state index is 0.204. The number of hydrogen-bond acceptors (Lipinski definition) is 4. The quantitative estimate of drug-likeness (QED) is 0.690. The summed E-state index contributed by atoms with van der Waals surface area (Å²) in [5, 5.41) is 0. The fraction of sp³-hybridized carbons (Fsp3) is 0.444. The second-order valence-corrected chi connectivity index (χ2v) is 3.54. The third kappa shape index (κ3) is 1.39. The molecule has 86 valence electrons. The molecule has 2 heterocycles. The van der Waals surface area contributed by atoms with Gasteiger partial charge in [-0.3, -0.25) is 4.79 Å². The monoisotopic (exact) mass is 232 g/mol. The minimum Gasteiger partial charge on any atom is -0.355 e. The third-order valence-electron chi connectivity index (χ3n) is 2.50. The van der Waals surface area contributed by atoms with Crippen LogP contribution in [0.3, 0.4) is 0 Å². The van der Waals surface area contributed by atoms with Gasteiger partial charge in [0.05, 0.1) is 12.3 Å². The summed E-state index contributed by atoms with van der Waals surface area (Å²) in [5.74, 6) is -0.278. The van der Waals surface area contributed by atoms with Crippen LogP contribution in [0.2, 0.25) is 0 Å². The maximum atomic E-state index is 12.8. The normalized spacial score (nSPS) is 24.2. The first-order chi connectivity index (χ1) is 7.38. The first-order valence-electron chi connectivity index (χ1n) is 4.41. The number of aromatic nitrogens is 2. The number of fused-ring (bicyclic) bond motifs is 1. The largest absolute Gasteiger partial charge is 0.422 e. The van der Waals surface area contributed by atoms with E-state index in [2.05, 4.69) is 9.97 Å². The van der Waals surface area contributed by atoms with E-state index in [1.54, 1.807) is 0 Å². The summed E-state index contributed by atoms with van der Waals surface area (Å²) in [4.78, 5) is 17.6. The average Bonchev–Trinajstić information content (AvgIpc) is 2.56. The van der Waals surface area contributed by atoms with Gasteiger partial charge in [0.25, 0.3) is 0 Å². The Hall–Kier alpha value is -1.50. The van der Waals surface area contributed by atoms with Crippen molar-refractivity contribution >= 4 is 6.29 Å². The molecule has 0 spiro atoms. The van der Waals surface area contributed by atoms with Gasteiger partial charge in [0, 0.05) is 11.8 Å². The molecule has 0 N–H and O–H groups in total. The van der Waals surface area contributed by atoms with Gasteiger partial charge in [0.2, 0.25) is 5.60 Å². The van der Waals surface area contributed by atoms with Crippen molar-refractivity contribution in [3.05, 3.63) is 23.3 Å². The lowest BCUT2D eigenvalue weighted by Crippen LogP contribution is -2.39. The molecule has 0 saturated carbocycles. The molecular weight excluding hydrogens is 225 g/mol. The van der Waals surface area contributed by atoms with Gasteiger partial charge in [0.1, 0.15) is 0 Å². The van der Waals surface area contributed by atoms with E-state index in [0.29, 0.717) is 6.29 Å². The van der Waals surface area contributed by atoms with Crippen LogP contribution in [0.25, 0.3) is 0 Å². The number of carbonyl (C=O) groups is 1. The minimum atomic E-state index is -4.58. The highest BCUT2D eigenvalue weighted by molar-refractivity contribution is 5.68. The Morgan fingerprint density at radius 3 is 2.81 bits per heavy atom. The highest BCUT2D eigenvalue weighted by Crippen LogP contribution is 2.46. The second-order valence-electron chi connectivity index (χ2n) is 3.54. The number of carbonyl (C=O) groups excluding carboxylic acids is 1. The van der Waals surface area contributed by atoms with Gasteiger partial charge in [-0.2, -0.15) is 13.2 Å². The lowest BCUT2D eigenvalue weighted by molar-refractivity contribution is -0.273. The van der Waals surface area contributed by atoms with Crippen LogP contribution in [0.4, 0.5) is 13.2 Å². The van der Waals surface area contributed by atoms with E-state index in [9.17, 15) is 18.0 Å². The van der Waals surface area contributed by atoms with Gasteiger partial charge < -0.3 is 4.74 Å². The van der Waals surface area contributed by atoms with Crippen LogP contribution in [-0.2, 0) is 16.9 Å². The van der Waals surface area contributed by atoms with Crippen molar-refractivity contribution in [1.29, 1.82) is 0 Å². The maximum Gasteiger partial charge on any atom is 0.422 e. The number of nitrogens with zero attached hydrogens (tertiary/aromatic N) is 2. The zero-order chi connectivity index (χ0) is 12.0. The molecule has 1 aliphatic heterocycles. The van der Waals surface area contributed by atoms with Crippen LogP contribution in [0.1, 0.15) is 28.8 Å². The molecule has 0 radical (unpaired) electrons. The van der Waals surface area contributed by atoms with Crippen LogP contribution in [0.5, 0.6) is 0 Å². The molecule has 0 aliphatic carbocycles. The summed E-state index contributed by atoms with van der Waals surface area (Å²) in [6.07, 6.45) is -3.09. The molecule has 1 unspecified atom stereocenters. The molecule has 1 atom stereocenters. The number of hydrogen-bond donors (Lipinski definition) is 0. The van der Waals surface area contributed by atoms with Gasteiger partial charge in [-0.15, -0.1) is 0 Å². The molecule has 4 nitrogen and oxygen atoms in total. The molecule has 2 rings (SSSR count). The molecule has 0 fully saturated rings. The standard InChI is InChI=1S/C9H7F3N2O2/c1-8(9(10,11)12)7-5(4-16-8)2-13-6(3-15)14-7/h2-3H,4H2,1H3. The SMILES string of the molecule is CC1(C(F)(F)F)OCc2cnc(C=O)nc21. The Bertz CT molecular complexity index is 447. The Morgan fingerprint density at radius 2 is 2.25 bits per heavy atom. The highest BCUT2D eigenvalue weighted by Gasteiger charge is 2.58.